The van der Waals surface area contributed by atoms with Crippen LogP contribution in [0, 0.1) is 5.82 Å². The van der Waals surface area contributed by atoms with Gasteiger partial charge < -0.3 is 10.1 Å². The molecule has 1 N–H and O–H groups in total. The average molecular weight is 301 g/mol. The van der Waals surface area contributed by atoms with Gasteiger partial charge in [0.25, 0.3) is 5.91 Å². The fraction of sp³-hybridized carbons (Fsp3) is 0.278. The van der Waals surface area contributed by atoms with E-state index in [0.717, 1.165) is 12.0 Å². The minimum absolute atomic E-state index is 0.0811. The van der Waals surface area contributed by atoms with Gasteiger partial charge in [0.15, 0.2) is 18.2 Å². The average Bonchev–Trinajstić information content (AvgIpc) is 2.54. The lowest BCUT2D eigenvalue weighted by Crippen LogP contribution is -2.31. The number of amides is 1. The van der Waals surface area contributed by atoms with Crippen LogP contribution in [0.2, 0.25) is 0 Å². The molecule has 2 aromatic rings. The summed E-state index contributed by atoms with van der Waals surface area (Å²) in [7, 11) is 0. The molecule has 1 amide bonds. The van der Waals surface area contributed by atoms with Crippen LogP contribution in [-0.2, 0) is 11.2 Å². The molecule has 116 valence electrons. The Kier molecular flexibility index (Phi) is 5.53. The van der Waals surface area contributed by atoms with E-state index in [4.69, 9.17) is 4.74 Å². The molecule has 4 heteroatoms. The van der Waals surface area contributed by atoms with Crippen LogP contribution in [0.3, 0.4) is 0 Å². The minimum Gasteiger partial charge on any atom is -0.481 e. The predicted octanol–water partition coefficient (Wildman–Crippen LogP) is 3.64. The number of halogens is 1. The third-order valence-corrected chi connectivity index (χ3v) is 3.46. The highest BCUT2D eigenvalue weighted by Crippen LogP contribution is 2.16. The van der Waals surface area contributed by atoms with Crippen LogP contribution in [-0.4, -0.2) is 12.5 Å². The molecule has 22 heavy (non-hydrogen) atoms. The Hall–Kier alpha value is -2.36. The number of hydrogen-bond donors (Lipinski definition) is 1. The predicted molar refractivity (Wildman–Crippen MR) is 84.3 cm³/mol. The van der Waals surface area contributed by atoms with Gasteiger partial charge in [0.2, 0.25) is 0 Å². The van der Waals surface area contributed by atoms with Crippen molar-refractivity contribution in [3.63, 3.8) is 0 Å². The van der Waals surface area contributed by atoms with E-state index in [1.807, 2.05) is 31.2 Å². The van der Waals surface area contributed by atoms with Gasteiger partial charge in [-0.05, 0) is 36.6 Å². The van der Waals surface area contributed by atoms with Crippen LogP contribution in [0.4, 0.5) is 4.39 Å². The number of carbonyl (C=O) groups excluding carboxylic acids is 1. The second-order valence-electron chi connectivity index (χ2n) is 5.10. The zero-order chi connectivity index (χ0) is 15.9. The highest BCUT2D eigenvalue weighted by atomic mass is 19.1. The van der Waals surface area contributed by atoms with Gasteiger partial charge in [-0.3, -0.25) is 4.79 Å². The van der Waals surface area contributed by atoms with E-state index in [1.54, 1.807) is 12.1 Å². The van der Waals surface area contributed by atoms with Crippen molar-refractivity contribution in [1.82, 2.24) is 5.32 Å². The number of carbonyl (C=O) groups is 1. The number of benzene rings is 2. The van der Waals surface area contributed by atoms with Crippen LogP contribution in [0.1, 0.15) is 31.0 Å². The number of hydrogen-bond acceptors (Lipinski definition) is 2. The first-order valence-electron chi connectivity index (χ1n) is 7.35. The quantitative estimate of drug-likeness (QED) is 0.884. The Morgan fingerprint density at radius 2 is 1.86 bits per heavy atom. The van der Waals surface area contributed by atoms with Gasteiger partial charge in [-0.1, -0.05) is 43.3 Å². The Balaban J connectivity index is 1.87. The molecule has 0 aliphatic carbocycles. The topological polar surface area (TPSA) is 38.3 Å². The standard InChI is InChI=1S/C18H20FNO2/c1-3-14-8-10-15(11-9-14)13(2)20-18(21)12-22-17-7-5-4-6-16(17)19/h4-11,13H,3,12H2,1-2H3,(H,20,21)/t13-/m0/s1. The molecule has 0 saturated carbocycles. The molecule has 2 rings (SSSR count). The van der Waals surface area contributed by atoms with Gasteiger partial charge >= 0.3 is 0 Å². The highest BCUT2D eigenvalue weighted by Gasteiger charge is 2.11. The summed E-state index contributed by atoms with van der Waals surface area (Å²) in [6.45, 7) is 3.79. The Labute approximate surface area is 130 Å². The summed E-state index contributed by atoms with van der Waals surface area (Å²) >= 11 is 0. The van der Waals surface area contributed by atoms with Crippen molar-refractivity contribution in [1.29, 1.82) is 0 Å². The first kappa shape index (κ1) is 16.0. The molecular weight excluding hydrogens is 281 g/mol. The summed E-state index contributed by atoms with van der Waals surface area (Å²) in [4.78, 5) is 11.9. The second-order valence-corrected chi connectivity index (χ2v) is 5.10. The van der Waals surface area contributed by atoms with E-state index in [1.165, 1.54) is 17.7 Å². The molecule has 0 aromatic heterocycles. The summed E-state index contributed by atoms with van der Waals surface area (Å²) in [5.74, 6) is -0.675. The van der Waals surface area contributed by atoms with Crippen molar-refractivity contribution < 1.29 is 13.9 Å². The maximum Gasteiger partial charge on any atom is 0.258 e. The second kappa shape index (κ2) is 7.59. The lowest BCUT2D eigenvalue weighted by Gasteiger charge is -2.15. The molecule has 2 aromatic carbocycles. The van der Waals surface area contributed by atoms with Gasteiger partial charge in [0.1, 0.15) is 0 Å². The number of para-hydroxylation sites is 1. The van der Waals surface area contributed by atoms with Gasteiger partial charge in [-0.25, -0.2) is 4.39 Å². The van der Waals surface area contributed by atoms with Crippen molar-refractivity contribution in [3.8, 4) is 5.75 Å². The molecule has 0 bridgehead atoms. The van der Waals surface area contributed by atoms with Gasteiger partial charge in [-0.2, -0.15) is 0 Å². The van der Waals surface area contributed by atoms with E-state index in [2.05, 4.69) is 12.2 Å². The van der Waals surface area contributed by atoms with Gasteiger partial charge in [-0.15, -0.1) is 0 Å². The van der Waals surface area contributed by atoms with E-state index >= 15 is 0 Å². The first-order chi connectivity index (χ1) is 10.6. The van der Waals surface area contributed by atoms with Gasteiger partial charge in [0, 0.05) is 0 Å². The van der Waals surface area contributed by atoms with E-state index in [9.17, 15) is 9.18 Å². The zero-order valence-electron chi connectivity index (χ0n) is 12.8. The molecule has 0 fully saturated rings. The zero-order valence-corrected chi connectivity index (χ0v) is 12.8. The molecule has 0 spiro atoms. The summed E-state index contributed by atoms with van der Waals surface area (Å²) in [5, 5.41) is 2.84. The number of rotatable bonds is 6. The summed E-state index contributed by atoms with van der Waals surface area (Å²) < 4.78 is 18.6. The molecule has 3 nitrogen and oxygen atoms in total. The fourth-order valence-electron chi connectivity index (χ4n) is 2.11. The minimum atomic E-state index is -0.474. The molecule has 0 aliphatic heterocycles. The SMILES string of the molecule is CCc1ccc([C@H](C)NC(=O)COc2ccccc2F)cc1. The number of ether oxygens (including phenoxy) is 1. The van der Waals surface area contributed by atoms with Crippen LogP contribution in [0.25, 0.3) is 0 Å². The van der Waals surface area contributed by atoms with Gasteiger partial charge in [0.05, 0.1) is 6.04 Å². The summed E-state index contributed by atoms with van der Waals surface area (Å²) in [5.41, 5.74) is 2.28. The summed E-state index contributed by atoms with van der Waals surface area (Å²) in [6, 6.07) is 14.0. The monoisotopic (exact) mass is 301 g/mol. The largest absolute Gasteiger partial charge is 0.481 e. The van der Waals surface area contributed by atoms with Crippen LogP contribution < -0.4 is 10.1 Å². The normalized spacial score (nSPS) is 11.8. The fourth-order valence-corrected chi connectivity index (χ4v) is 2.11. The van der Waals surface area contributed by atoms with Crippen molar-refractivity contribution in [2.24, 2.45) is 0 Å². The smallest absolute Gasteiger partial charge is 0.258 e. The molecule has 0 unspecified atom stereocenters. The molecule has 1 atom stereocenters. The van der Waals surface area contributed by atoms with Crippen molar-refractivity contribution >= 4 is 5.91 Å². The van der Waals surface area contributed by atoms with Crippen molar-refractivity contribution in [2.45, 2.75) is 26.3 Å². The first-order valence-corrected chi connectivity index (χ1v) is 7.35. The number of nitrogens with one attached hydrogen (secondary N) is 1. The third kappa shape index (κ3) is 4.32. The Morgan fingerprint density at radius 1 is 1.18 bits per heavy atom. The lowest BCUT2D eigenvalue weighted by molar-refractivity contribution is -0.123. The Morgan fingerprint density at radius 3 is 2.50 bits per heavy atom. The van der Waals surface area contributed by atoms with Crippen LogP contribution in [0.5, 0.6) is 5.75 Å². The van der Waals surface area contributed by atoms with E-state index in [0.29, 0.717) is 0 Å². The van der Waals surface area contributed by atoms with Crippen molar-refractivity contribution in [3.05, 3.63) is 65.5 Å². The summed E-state index contributed by atoms with van der Waals surface area (Å²) in [6.07, 6.45) is 0.984. The Bertz CT molecular complexity index is 625. The highest BCUT2D eigenvalue weighted by molar-refractivity contribution is 5.78. The van der Waals surface area contributed by atoms with Crippen LogP contribution in [0.15, 0.2) is 48.5 Å². The molecular formula is C18H20FNO2. The maximum atomic E-state index is 13.4. The molecule has 0 radical (unpaired) electrons. The third-order valence-electron chi connectivity index (χ3n) is 3.46. The molecule has 0 heterocycles. The molecule has 0 aliphatic rings. The lowest BCUT2D eigenvalue weighted by atomic mass is 10.1. The van der Waals surface area contributed by atoms with Crippen LogP contribution >= 0.6 is 0 Å². The van der Waals surface area contributed by atoms with Crippen molar-refractivity contribution in [2.75, 3.05) is 6.61 Å². The van der Waals surface area contributed by atoms with E-state index in [-0.39, 0.29) is 24.3 Å². The van der Waals surface area contributed by atoms with E-state index < -0.39 is 5.82 Å². The number of aryl methyl sites for hydroxylation is 1. The molecule has 0 saturated heterocycles. The maximum absolute atomic E-state index is 13.4.